The topological polar surface area (TPSA) is 21.6 Å². The lowest BCUT2D eigenvalue weighted by atomic mass is 9.89. The average Bonchev–Trinajstić information content (AvgIpc) is 3.01. The molecule has 0 bridgehead atoms. The van der Waals surface area contributed by atoms with E-state index >= 15 is 0 Å². The summed E-state index contributed by atoms with van der Waals surface area (Å²) >= 11 is 5.95. The summed E-state index contributed by atoms with van der Waals surface area (Å²) < 4.78 is 118. The number of benzene rings is 2. The third kappa shape index (κ3) is 5.13. The van der Waals surface area contributed by atoms with Crippen molar-refractivity contribution in [2.24, 2.45) is 11.1 Å². The van der Waals surface area contributed by atoms with Gasteiger partial charge in [-0.2, -0.15) is 39.5 Å². The van der Waals surface area contributed by atoms with Gasteiger partial charge in [-0.15, -0.1) is 0 Å². The lowest BCUT2D eigenvalue weighted by molar-refractivity contribution is -0.143. The maximum absolute atomic E-state index is 13.1. The first-order valence-electron chi connectivity index (χ1n) is 8.95. The summed E-state index contributed by atoms with van der Waals surface area (Å²) in [4.78, 5) is 5.10. The van der Waals surface area contributed by atoms with Crippen molar-refractivity contribution >= 4 is 17.3 Å². The molecule has 2 aromatic carbocycles. The van der Waals surface area contributed by atoms with Gasteiger partial charge in [0.2, 0.25) is 0 Å². The zero-order chi connectivity index (χ0) is 24.1. The summed E-state index contributed by atoms with van der Waals surface area (Å²) in [5.41, 5.74) is -4.22. The maximum atomic E-state index is 13.1. The van der Waals surface area contributed by atoms with Crippen LogP contribution in [0.2, 0.25) is 5.02 Å². The molecule has 12 heteroatoms. The van der Waals surface area contributed by atoms with Gasteiger partial charge in [-0.25, -0.2) is 0 Å². The van der Waals surface area contributed by atoms with E-state index in [1.807, 2.05) is 0 Å². The Balaban J connectivity index is 1.91. The van der Waals surface area contributed by atoms with Gasteiger partial charge in [-0.1, -0.05) is 23.7 Å². The van der Waals surface area contributed by atoms with E-state index in [1.54, 1.807) is 0 Å². The molecule has 3 rings (SSSR count). The van der Waals surface area contributed by atoms with Crippen molar-refractivity contribution < 1.29 is 44.4 Å². The quantitative estimate of drug-likeness (QED) is 0.405. The van der Waals surface area contributed by atoms with Gasteiger partial charge in [0, 0.05) is 17.4 Å². The molecule has 0 aromatic heterocycles. The molecule has 2 nitrogen and oxygen atoms in total. The van der Waals surface area contributed by atoms with E-state index in [2.05, 4.69) is 5.16 Å². The first kappa shape index (κ1) is 24.2. The van der Waals surface area contributed by atoms with Crippen molar-refractivity contribution in [1.82, 2.24) is 0 Å². The molecule has 2 unspecified atom stereocenters. The number of hydrogen-bond acceptors (Lipinski definition) is 2. The monoisotopic (exact) mass is 489 g/mol. The third-order valence-electron chi connectivity index (χ3n) is 4.95. The summed E-state index contributed by atoms with van der Waals surface area (Å²) in [6.07, 6.45) is -16.2. The Bertz CT molecular complexity index is 1010. The van der Waals surface area contributed by atoms with Crippen LogP contribution in [0, 0.1) is 5.92 Å². The highest BCUT2D eigenvalue weighted by atomic mass is 35.5. The molecule has 1 aliphatic rings. The first-order valence-corrected chi connectivity index (χ1v) is 9.32. The van der Waals surface area contributed by atoms with Crippen molar-refractivity contribution in [3.05, 3.63) is 69.2 Å². The lowest BCUT2D eigenvalue weighted by Crippen LogP contribution is -2.18. The molecule has 0 aliphatic carbocycles. The molecule has 174 valence electrons. The number of oxime groups is 1. The predicted octanol–water partition coefficient (Wildman–Crippen LogP) is 7.70. The largest absolute Gasteiger partial charge is 0.416 e. The number of alkyl halides is 9. The highest BCUT2D eigenvalue weighted by molar-refractivity contribution is 6.31. The normalized spacial score (nSPS) is 19.7. The van der Waals surface area contributed by atoms with Crippen LogP contribution in [-0.4, -0.2) is 5.71 Å². The van der Waals surface area contributed by atoms with Gasteiger partial charge in [0.05, 0.1) is 22.4 Å². The second-order valence-corrected chi connectivity index (χ2v) is 7.62. The fourth-order valence-electron chi connectivity index (χ4n) is 3.24. The standard InChI is InChI=1S/C20H13ClF9NO/c1-9-16(7-10-4-12(18(22,23)24)2-3-15(10)21)31-32-17(9)11-5-13(19(25,26)27)8-14(6-11)20(28,29)30/h2-6,8-9,17H,7H2,1H3. The highest BCUT2D eigenvalue weighted by Gasteiger charge is 2.40. The summed E-state index contributed by atoms with van der Waals surface area (Å²) in [5, 5.41) is 3.70. The smallest absolute Gasteiger partial charge is 0.387 e. The Labute approximate surface area is 180 Å². The number of hydrogen-bond donors (Lipinski definition) is 0. The summed E-state index contributed by atoms with van der Waals surface area (Å²) in [6.45, 7) is 1.44. The Hall–Kier alpha value is -2.43. The fraction of sp³-hybridized carbons (Fsp3) is 0.350. The number of rotatable bonds is 3. The fourth-order valence-corrected chi connectivity index (χ4v) is 3.43. The lowest BCUT2D eigenvalue weighted by Gasteiger charge is -2.19. The van der Waals surface area contributed by atoms with E-state index in [4.69, 9.17) is 16.4 Å². The van der Waals surface area contributed by atoms with Crippen LogP contribution in [0.15, 0.2) is 41.6 Å². The first-order chi connectivity index (χ1) is 14.6. The average molecular weight is 490 g/mol. The van der Waals surface area contributed by atoms with E-state index in [0.717, 1.165) is 18.2 Å². The van der Waals surface area contributed by atoms with Crippen molar-refractivity contribution in [1.29, 1.82) is 0 Å². The molecule has 32 heavy (non-hydrogen) atoms. The molecule has 2 atom stereocenters. The molecule has 0 N–H and O–H groups in total. The minimum absolute atomic E-state index is 0.00484. The van der Waals surface area contributed by atoms with E-state index in [9.17, 15) is 39.5 Å². The van der Waals surface area contributed by atoms with Crippen LogP contribution in [-0.2, 0) is 29.8 Å². The molecule has 0 radical (unpaired) electrons. The highest BCUT2D eigenvalue weighted by Crippen LogP contribution is 2.41. The van der Waals surface area contributed by atoms with Gasteiger partial charge in [-0.05, 0) is 47.5 Å². The van der Waals surface area contributed by atoms with Crippen molar-refractivity contribution in [2.45, 2.75) is 38.0 Å². The minimum atomic E-state index is -5.03. The Morgan fingerprint density at radius 1 is 0.812 bits per heavy atom. The van der Waals surface area contributed by atoms with E-state index in [0.29, 0.717) is 12.1 Å². The van der Waals surface area contributed by atoms with Crippen LogP contribution in [0.3, 0.4) is 0 Å². The second-order valence-electron chi connectivity index (χ2n) is 7.22. The van der Waals surface area contributed by atoms with Crippen LogP contribution >= 0.6 is 11.6 Å². The van der Waals surface area contributed by atoms with Gasteiger partial charge in [0.25, 0.3) is 0 Å². The maximum Gasteiger partial charge on any atom is 0.416 e. The van der Waals surface area contributed by atoms with Crippen LogP contribution in [0.5, 0.6) is 0 Å². The van der Waals surface area contributed by atoms with Crippen LogP contribution < -0.4 is 0 Å². The van der Waals surface area contributed by atoms with Crippen LogP contribution in [0.25, 0.3) is 0 Å². The van der Waals surface area contributed by atoms with E-state index in [1.165, 1.54) is 6.92 Å². The molecule has 0 amide bonds. The molecule has 0 saturated heterocycles. The van der Waals surface area contributed by atoms with Crippen LogP contribution in [0.4, 0.5) is 39.5 Å². The third-order valence-corrected chi connectivity index (χ3v) is 5.32. The summed E-state index contributed by atoms with van der Waals surface area (Å²) in [5.74, 6) is -0.829. The van der Waals surface area contributed by atoms with Crippen LogP contribution in [0.1, 0.15) is 40.8 Å². The van der Waals surface area contributed by atoms with Gasteiger partial charge >= 0.3 is 18.5 Å². The zero-order valence-electron chi connectivity index (χ0n) is 16.0. The van der Waals surface area contributed by atoms with E-state index in [-0.39, 0.29) is 28.8 Å². The number of halogens is 10. The second kappa shape index (κ2) is 8.17. The van der Waals surface area contributed by atoms with Gasteiger partial charge in [0.15, 0.2) is 6.10 Å². The van der Waals surface area contributed by atoms with Gasteiger partial charge < -0.3 is 4.84 Å². The van der Waals surface area contributed by atoms with E-state index < -0.39 is 52.8 Å². The molecule has 1 heterocycles. The summed E-state index contributed by atoms with van der Waals surface area (Å²) in [6, 6.07) is 3.69. The molecular weight excluding hydrogens is 477 g/mol. The SMILES string of the molecule is CC1C(Cc2cc(C(F)(F)F)ccc2Cl)=NOC1c1cc(C(F)(F)F)cc(C(F)(F)F)c1. The Kier molecular flexibility index (Phi) is 6.18. The zero-order valence-corrected chi connectivity index (χ0v) is 16.7. The molecular formula is C20H13ClF9NO. The molecule has 2 aromatic rings. The van der Waals surface area contributed by atoms with Crippen molar-refractivity contribution in [2.75, 3.05) is 0 Å². The molecule has 0 saturated carbocycles. The van der Waals surface area contributed by atoms with Crippen molar-refractivity contribution in [3.8, 4) is 0 Å². The Morgan fingerprint density at radius 2 is 1.34 bits per heavy atom. The number of nitrogens with zero attached hydrogens (tertiary/aromatic N) is 1. The minimum Gasteiger partial charge on any atom is -0.387 e. The van der Waals surface area contributed by atoms with Crippen molar-refractivity contribution in [3.63, 3.8) is 0 Å². The summed E-state index contributed by atoms with van der Waals surface area (Å²) in [7, 11) is 0. The Morgan fingerprint density at radius 3 is 1.84 bits per heavy atom. The molecule has 0 spiro atoms. The van der Waals surface area contributed by atoms with Gasteiger partial charge in [-0.3, -0.25) is 0 Å². The predicted molar refractivity (Wildman–Crippen MR) is 97.0 cm³/mol. The molecule has 0 fully saturated rings. The molecule has 1 aliphatic heterocycles. The van der Waals surface area contributed by atoms with Gasteiger partial charge in [0.1, 0.15) is 0 Å².